The minimum Gasteiger partial charge on any atom is -0.497 e. The molecule has 1 aliphatic heterocycles. The standard InChI is InChI=1S/C20H29N3O5S/c1-20(2,3)12-18-21-22-19(28-18)14-7-6-10-23(13-14)29(24,25)17-11-15(26-4)8-9-16(17)27-5/h8-9,11,14H,6-7,10,12-13H2,1-5H3. The van der Waals surface area contributed by atoms with Gasteiger partial charge in [0, 0.05) is 25.6 Å². The lowest BCUT2D eigenvalue weighted by Gasteiger charge is -2.30. The maximum Gasteiger partial charge on any atom is 0.246 e. The summed E-state index contributed by atoms with van der Waals surface area (Å²) in [6, 6.07) is 4.77. The first-order valence-corrected chi connectivity index (χ1v) is 11.1. The van der Waals surface area contributed by atoms with Gasteiger partial charge in [-0.2, -0.15) is 4.31 Å². The summed E-state index contributed by atoms with van der Waals surface area (Å²) in [4.78, 5) is 0.0963. The number of ether oxygens (including phenoxy) is 2. The number of rotatable bonds is 6. The van der Waals surface area contributed by atoms with Gasteiger partial charge in [-0.05, 0) is 30.4 Å². The summed E-state index contributed by atoms with van der Waals surface area (Å²) in [6.45, 7) is 7.04. The number of hydrogen-bond acceptors (Lipinski definition) is 7. The highest BCUT2D eigenvalue weighted by Crippen LogP contribution is 2.35. The van der Waals surface area contributed by atoms with Crippen LogP contribution in [-0.4, -0.2) is 50.2 Å². The maximum atomic E-state index is 13.3. The predicted molar refractivity (Wildman–Crippen MR) is 108 cm³/mol. The number of nitrogens with zero attached hydrogens (tertiary/aromatic N) is 3. The Labute approximate surface area is 172 Å². The first-order chi connectivity index (χ1) is 13.6. The van der Waals surface area contributed by atoms with Crippen LogP contribution < -0.4 is 9.47 Å². The van der Waals surface area contributed by atoms with Crippen LogP contribution in [0.4, 0.5) is 0 Å². The largest absolute Gasteiger partial charge is 0.497 e. The van der Waals surface area contributed by atoms with E-state index in [1.807, 2.05) is 0 Å². The molecule has 0 saturated carbocycles. The number of aromatic nitrogens is 2. The molecule has 0 amide bonds. The highest BCUT2D eigenvalue weighted by atomic mass is 32.2. The third-order valence-corrected chi connectivity index (χ3v) is 6.77. The molecule has 1 unspecified atom stereocenters. The number of hydrogen-bond donors (Lipinski definition) is 0. The van der Waals surface area contributed by atoms with Crippen LogP contribution in [0.1, 0.15) is 51.3 Å². The molecule has 1 atom stereocenters. The summed E-state index contributed by atoms with van der Waals surface area (Å²) in [5.74, 6) is 1.71. The van der Waals surface area contributed by atoms with Crippen LogP contribution in [0.15, 0.2) is 27.5 Å². The van der Waals surface area contributed by atoms with E-state index in [9.17, 15) is 8.42 Å². The van der Waals surface area contributed by atoms with Crippen molar-refractivity contribution in [1.82, 2.24) is 14.5 Å². The third-order valence-electron chi connectivity index (χ3n) is 4.89. The van der Waals surface area contributed by atoms with Gasteiger partial charge < -0.3 is 13.9 Å². The normalized spacial score (nSPS) is 18.6. The molecule has 1 aromatic carbocycles. The molecule has 29 heavy (non-hydrogen) atoms. The molecule has 0 bridgehead atoms. The Bertz CT molecular complexity index is 949. The SMILES string of the molecule is COc1ccc(OC)c(S(=O)(=O)N2CCCC(c3nnc(CC(C)(C)C)o3)C2)c1. The lowest BCUT2D eigenvalue weighted by Crippen LogP contribution is -2.39. The van der Waals surface area contributed by atoms with Crippen molar-refractivity contribution in [2.75, 3.05) is 27.3 Å². The monoisotopic (exact) mass is 423 g/mol. The topological polar surface area (TPSA) is 94.8 Å². The second-order valence-electron chi connectivity index (χ2n) is 8.49. The molecule has 3 rings (SSSR count). The molecule has 9 heteroatoms. The van der Waals surface area contributed by atoms with Crippen LogP contribution in [0.5, 0.6) is 11.5 Å². The molecule has 8 nitrogen and oxygen atoms in total. The van der Waals surface area contributed by atoms with Gasteiger partial charge in [0.1, 0.15) is 16.4 Å². The summed E-state index contributed by atoms with van der Waals surface area (Å²) < 4.78 is 44.5. The average molecular weight is 424 g/mol. The van der Waals surface area contributed by atoms with Gasteiger partial charge in [0.15, 0.2) is 0 Å². The van der Waals surface area contributed by atoms with Crippen molar-refractivity contribution in [3.63, 3.8) is 0 Å². The van der Waals surface area contributed by atoms with E-state index < -0.39 is 10.0 Å². The van der Waals surface area contributed by atoms with E-state index in [1.165, 1.54) is 24.6 Å². The molecular weight excluding hydrogens is 394 g/mol. The van der Waals surface area contributed by atoms with Crippen LogP contribution in [0.25, 0.3) is 0 Å². The Morgan fingerprint density at radius 3 is 2.62 bits per heavy atom. The first-order valence-electron chi connectivity index (χ1n) is 9.68. The van der Waals surface area contributed by atoms with Gasteiger partial charge in [-0.1, -0.05) is 20.8 Å². The van der Waals surface area contributed by atoms with E-state index in [-0.39, 0.29) is 22.0 Å². The molecule has 1 aliphatic rings. The van der Waals surface area contributed by atoms with E-state index in [0.29, 0.717) is 43.5 Å². The summed E-state index contributed by atoms with van der Waals surface area (Å²) >= 11 is 0. The summed E-state index contributed by atoms with van der Waals surface area (Å²) in [7, 11) is -0.809. The van der Waals surface area contributed by atoms with E-state index in [4.69, 9.17) is 13.9 Å². The smallest absolute Gasteiger partial charge is 0.246 e. The van der Waals surface area contributed by atoms with Crippen molar-refractivity contribution in [2.24, 2.45) is 5.41 Å². The number of benzene rings is 1. The van der Waals surface area contributed by atoms with Crippen LogP contribution in [0, 0.1) is 5.41 Å². The van der Waals surface area contributed by atoms with Crippen molar-refractivity contribution in [3.8, 4) is 11.5 Å². The summed E-state index contributed by atoms with van der Waals surface area (Å²) in [5, 5.41) is 8.34. The minimum absolute atomic E-state index is 0.0364. The second kappa shape index (κ2) is 8.31. The van der Waals surface area contributed by atoms with Crippen LogP contribution >= 0.6 is 0 Å². The van der Waals surface area contributed by atoms with Crippen molar-refractivity contribution < 1.29 is 22.3 Å². The fourth-order valence-corrected chi connectivity index (χ4v) is 5.14. The van der Waals surface area contributed by atoms with Crippen LogP contribution in [-0.2, 0) is 16.4 Å². The van der Waals surface area contributed by atoms with Crippen molar-refractivity contribution >= 4 is 10.0 Å². The Morgan fingerprint density at radius 1 is 1.21 bits per heavy atom. The zero-order valence-electron chi connectivity index (χ0n) is 17.6. The first kappa shape index (κ1) is 21.6. The fraction of sp³-hybridized carbons (Fsp3) is 0.600. The molecule has 1 saturated heterocycles. The van der Waals surface area contributed by atoms with Crippen molar-refractivity contribution in [2.45, 2.75) is 50.8 Å². The van der Waals surface area contributed by atoms with Crippen molar-refractivity contribution in [3.05, 3.63) is 30.0 Å². The van der Waals surface area contributed by atoms with Crippen molar-refractivity contribution in [1.29, 1.82) is 0 Å². The predicted octanol–water partition coefficient (Wildman–Crippen LogP) is 3.24. The van der Waals surface area contributed by atoms with E-state index in [2.05, 4.69) is 31.0 Å². The van der Waals surface area contributed by atoms with Gasteiger partial charge in [0.25, 0.3) is 0 Å². The molecule has 0 radical (unpaired) electrons. The van der Waals surface area contributed by atoms with Crippen LogP contribution in [0.2, 0.25) is 0 Å². The zero-order chi connectivity index (χ0) is 21.2. The molecule has 2 heterocycles. The van der Waals surface area contributed by atoms with Gasteiger partial charge in [-0.3, -0.25) is 0 Å². The second-order valence-corrected chi connectivity index (χ2v) is 10.4. The van der Waals surface area contributed by atoms with Gasteiger partial charge in [0.05, 0.1) is 20.1 Å². The Balaban J connectivity index is 1.83. The summed E-state index contributed by atoms with van der Waals surface area (Å²) in [6.07, 6.45) is 2.20. The Kier molecular flexibility index (Phi) is 6.19. The lowest BCUT2D eigenvalue weighted by molar-refractivity contribution is 0.273. The Morgan fingerprint density at radius 2 is 1.97 bits per heavy atom. The number of methoxy groups -OCH3 is 2. The van der Waals surface area contributed by atoms with E-state index in [1.54, 1.807) is 12.1 Å². The maximum absolute atomic E-state index is 13.3. The Hall–Kier alpha value is -2.13. The molecule has 160 valence electrons. The average Bonchev–Trinajstić information content (AvgIpc) is 3.14. The quantitative estimate of drug-likeness (QED) is 0.704. The molecular formula is C20H29N3O5S. The highest BCUT2D eigenvalue weighted by molar-refractivity contribution is 7.89. The van der Waals surface area contributed by atoms with Crippen LogP contribution in [0.3, 0.4) is 0 Å². The molecule has 1 fully saturated rings. The fourth-order valence-electron chi connectivity index (χ4n) is 3.44. The van der Waals surface area contributed by atoms with Gasteiger partial charge in [-0.15, -0.1) is 10.2 Å². The van der Waals surface area contributed by atoms with Gasteiger partial charge in [-0.25, -0.2) is 8.42 Å². The molecule has 0 spiro atoms. The third kappa shape index (κ3) is 4.90. The number of sulfonamides is 1. The number of piperidine rings is 1. The lowest BCUT2D eigenvalue weighted by atomic mass is 9.92. The van der Waals surface area contributed by atoms with Gasteiger partial charge >= 0.3 is 0 Å². The summed E-state index contributed by atoms with van der Waals surface area (Å²) in [5.41, 5.74) is 0.0364. The van der Waals surface area contributed by atoms with Gasteiger partial charge in [0.2, 0.25) is 21.8 Å². The molecule has 2 aromatic rings. The van der Waals surface area contributed by atoms with E-state index in [0.717, 1.165) is 6.42 Å². The zero-order valence-corrected chi connectivity index (χ0v) is 18.5. The molecule has 0 N–H and O–H groups in total. The molecule has 0 aliphatic carbocycles. The van der Waals surface area contributed by atoms with E-state index >= 15 is 0 Å². The molecule has 1 aromatic heterocycles. The highest BCUT2D eigenvalue weighted by Gasteiger charge is 2.35. The minimum atomic E-state index is -3.76.